The molecule has 2 aromatic rings. The van der Waals surface area contributed by atoms with Gasteiger partial charge in [-0.15, -0.1) is 0 Å². The topological polar surface area (TPSA) is 62.6 Å². The van der Waals surface area contributed by atoms with E-state index >= 15 is 0 Å². The van der Waals surface area contributed by atoms with E-state index in [0.717, 1.165) is 32.1 Å². The maximum atomic E-state index is 12.8. The number of aromatic nitrogens is 2. The third-order valence-electron chi connectivity index (χ3n) is 3.84. The molecule has 2 N–H and O–H groups in total. The van der Waals surface area contributed by atoms with Crippen molar-refractivity contribution in [1.29, 1.82) is 0 Å². The molecular formula is C16H19FN5O+. The highest BCUT2D eigenvalue weighted by Gasteiger charge is 2.23. The van der Waals surface area contributed by atoms with Crippen molar-refractivity contribution in [1.82, 2.24) is 9.97 Å². The Kier molecular flexibility index (Phi) is 4.77. The molecule has 1 aromatic heterocycles. The van der Waals surface area contributed by atoms with Crippen molar-refractivity contribution in [2.75, 3.05) is 42.9 Å². The second-order valence-corrected chi connectivity index (χ2v) is 5.52. The Bertz CT molecular complexity index is 641. The van der Waals surface area contributed by atoms with Gasteiger partial charge in [0.15, 0.2) is 6.54 Å². The fourth-order valence-corrected chi connectivity index (χ4v) is 2.62. The molecule has 2 heterocycles. The van der Waals surface area contributed by atoms with Gasteiger partial charge in [0.2, 0.25) is 5.95 Å². The first kappa shape index (κ1) is 15.4. The number of nitrogens with one attached hydrogen (secondary N) is 2. The lowest BCUT2D eigenvalue weighted by atomic mass is 10.3. The molecule has 0 radical (unpaired) electrons. The summed E-state index contributed by atoms with van der Waals surface area (Å²) in [6.07, 6.45) is 3.47. The van der Waals surface area contributed by atoms with Crippen molar-refractivity contribution in [3.05, 3.63) is 48.5 Å². The summed E-state index contributed by atoms with van der Waals surface area (Å²) in [5.41, 5.74) is 0.618. The van der Waals surface area contributed by atoms with Crippen LogP contribution < -0.4 is 15.1 Å². The number of hydrogen-bond acceptors (Lipinski definition) is 4. The first-order valence-corrected chi connectivity index (χ1v) is 7.62. The van der Waals surface area contributed by atoms with Gasteiger partial charge in [0.25, 0.3) is 5.91 Å². The van der Waals surface area contributed by atoms with Gasteiger partial charge in [0.05, 0.1) is 26.2 Å². The van der Waals surface area contributed by atoms with E-state index < -0.39 is 0 Å². The number of halogens is 1. The minimum Gasteiger partial charge on any atom is -0.330 e. The lowest BCUT2D eigenvalue weighted by Gasteiger charge is -2.31. The number of carbonyl (C=O) groups excluding carboxylic acids is 1. The predicted molar refractivity (Wildman–Crippen MR) is 84.8 cm³/mol. The molecule has 7 heteroatoms. The van der Waals surface area contributed by atoms with Crippen LogP contribution in [0, 0.1) is 5.82 Å². The molecule has 0 atom stereocenters. The van der Waals surface area contributed by atoms with Crippen LogP contribution in [-0.4, -0.2) is 48.6 Å². The fraction of sp³-hybridized carbons (Fsp3) is 0.312. The number of benzene rings is 1. The molecule has 6 nitrogen and oxygen atoms in total. The van der Waals surface area contributed by atoms with Crippen LogP contribution in [0.4, 0.5) is 16.0 Å². The monoisotopic (exact) mass is 316 g/mol. The first-order chi connectivity index (χ1) is 11.2. The van der Waals surface area contributed by atoms with Gasteiger partial charge in [-0.25, -0.2) is 14.4 Å². The van der Waals surface area contributed by atoms with E-state index in [0.29, 0.717) is 12.2 Å². The molecule has 1 amide bonds. The van der Waals surface area contributed by atoms with E-state index in [4.69, 9.17) is 0 Å². The first-order valence-electron chi connectivity index (χ1n) is 7.62. The Labute approximate surface area is 134 Å². The maximum Gasteiger partial charge on any atom is 0.279 e. The van der Waals surface area contributed by atoms with Gasteiger partial charge in [0, 0.05) is 18.1 Å². The molecule has 0 aliphatic carbocycles. The number of quaternary nitrogens is 1. The largest absolute Gasteiger partial charge is 0.330 e. The zero-order valence-corrected chi connectivity index (χ0v) is 12.7. The highest BCUT2D eigenvalue weighted by Crippen LogP contribution is 2.07. The van der Waals surface area contributed by atoms with E-state index in [1.807, 2.05) is 0 Å². The van der Waals surface area contributed by atoms with Crippen LogP contribution in [0.3, 0.4) is 0 Å². The van der Waals surface area contributed by atoms with E-state index in [-0.39, 0.29) is 11.7 Å². The SMILES string of the molecule is O=C(C[NH+]1CCN(c2ncccn2)CC1)Nc1ccc(F)cc1. The maximum absolute atomic E-state index is 12.8. The van der Waals surface area contributed by atoms with E-state index in [1.54, 1.807) is 30.6 Å². The van der Waals surface area contributed by atoms with Crippen LogP contribution in [0.1, 0.15) is 0 Å². The van der Waals surface area contributed by atoms with Crippen molar-refractivity contribution in [3.63, 3.8) is 0 Å². The molecular weight excluding hydrogens is 297 g/mol. The molecule has 0 bridgehead atoms. The third-order valence-corrected chi connectivity index (χ3v) is 3.84. The number of carbonyl (C=O) groups is 1. The number of anilines is 2. The molecule has 0 spiro atoms. The predicted octanol–water partition coefficient (Wildman–Crippen LogP) is -0.0407. The van der Waals surface area contributed by atoms with Crippen LogP contribution in [0.2, 0.25) is 0 Å². The highest BCUT2D eigenvalue weighted by molar-refractivity contribution is 5.91. The van der Waals surface area contributed by atoms with Crippen LogP contribution in [0.25, 0.3) is 0 Å². The molecule has 23 heavy (non-hydrogen) atoms. The van der Waals surface area contributed by atoms with Crippen molar-refractivity contribution in [2.24, 2.45) is 0 Å². The zero-order valence-electron chi connectivity index (χ0n) is 12.7. The molecule has 1 fully saturated rings. The highest BCUT2D eigenvalue weighted by atomic mass is 19.1. The Hall–Kier alpha value is -2.54. The summed E-state index contributed by atoms with van der Waals surface area (Å²) >= 11 is 0. The fourth-order valence-electron chi connectivity index (χ4n) is 2.62. The second kappa shape index (κ2) is 7.15. The summed E-state index contributed by atoms with van der Waals surface area (Å²) in [7, 11) is 0. The quantitative estimate of drug-likeness (QED) is 0.831. The molecule has 1 saturated heterocycles. The summed E-state index contributed by atoms with van der Waals surface area (Å²) in [6.45, 7) is 3.76. The smallest absolute Gasteiger partial charge is 0.279 e. The van der Waals surface area contributed by atoms with Crippen LogP contribution in [-0.2, 0) is 4.79 Å². The third kappa shape index (κ3) is 4.23. The summed E-state index contributed by atoms with van der Waals surface area (Å²) in [6, 6.07) is 7.59. The second-order valence-electron chi connectivity index (χ2n) is 5.52. The Morgan fingerprint density at radius 3 is 2.48 bits per heavy atom. The van der Waals surface area contributed by atoms with Gasteiger partial charge in [-0.3, -0.25) is 4.79 Å². The Balaban J connectivity index is 1.47. The molecule has 1 aromatic carbocycles. The number of amides is 1. The number of hydrogen-bond donors (Lipinski definition) is 2. The standard InChI is InChI=1S/C16H18FN5O/c17-13-2-4-14(5-3-13)20-15(23)12-21-8-10-22(11-9-21)16-18-6-1-7-19-16/h1-7H,8-12H2,(H,20,23)/p+1. The zero-order chi connectivity index (χ0) is 16.1. The number of piperazine rings is 1. The molecule has 1 aliphatic rings. The summed E-state index contributed by atoms with van der Waals surface area (Å²) in [5.74, 6) is 0.367. The molecule has 0 saturated carbocycles. The van der Waals surface area contributed by atoms with Gasteiger partial charge >= 0.3 is 0 Å². The van der Waals surface area contributed by atoms with Crippen molar-refractivity contribution < 1.29 is 14.1 Å². The lowest BCUT2D eigenvalue weighted by molar-refractivity contribution is -0.892. The number of rotatable bonds is 4. The minimum absolute atomic E-state index is 0.0592. The molecule has 3 rings (SSSR count). The van der Waals surface area contributed by atoms with Gasteiger partial charge in [-0.1, -0.05) is 0 Å². The van der Waals surface area contributed by atoms with E-state index in [9.17, 15) is 9.18 Å². The van der Waals surface area contributed by atoms with E-state index in [1.165, 1.54) is 17.0 Å². The van der Waals surface area contributed by atoms with Crippen LogP contribution in [0.15, 0.2) is 42.7 Å². The van der Waals surface area contributed by atoms with Gasteiger partial charge in [0.1, 0.15) is 5.82 Å². The average molecular weight is 316 g/mol. The summed E-state index contributed by atoms with van der Waals surface area (Å²) < 4.78 is 12.8. The van der Waals surface area contributed by atoms with E-state index in [2.05, 4.69) is 20.2 Å². The summed E-state index contributed by atoms with van der Waals surface area (Å²) in [5, 5.41) is 2.79. The van der Waals surface area contributed by atoms with Gasteiger partial charge in [-0.05, 0) is 30.3 Å². The number of nitrogens with zero attached hydrogens (tertiary/aromatic N) is 3. The normalized spacial score (nSPS) is 15.4. The molecule has 1 aliphatic heterocycles. The molecule has 120 valence electrons. The van der Waals surface area contributed by atoms with Crippen molar-refractivity contribution >= 4 is 17.5 Å². The van der Waals surface area contributed by atoms with Gasteiger partial charge < -0.3 is 15.1 Å². The Morgan fingerprint density at radius 2 is 1.83 bits per heavy atom. The average Bonchev–Trinajstić information content (AvgIpc) is 2.58. The van der Waals surface area contributed by atoms with Crippen molar-refractivity contribution in [3.8, 4) is 0 Å². The minimum atomic E-state index is -0.312. The van der Waals surface area contributed by atoms with Crippen molar-refractivity contribution in [2.45, 2.75) is 0 Å². The lowest BCUT2D eigenvalue weighted by Crippen LogP contribution is -3.15. The Morgan fingerprint density at radius 1 is 1.17 bits per heavy atom. The van der Waals surface area contributed by atoms with Crippen LogP contribution >= 0.6 is 0 Å². The van der Waals surface area contributed by atoms with Crippen LogP contribution in [0.5, 0.6) is 0 Å². The molecule has 0 unspecified atom stereocenters. The summed E-state index contributed by atoms with van der Waals surface area (Å²) in [4.78, 5) is 23.9. The van der Waals surface area contributed by atoms with Gasteiger partial charge in [-0.2, -0.15) is 0 Å².